The Labute approximate surface area is 107 Å². The molecule has 0 aliphatic rings. The molecule has 0 radical (unpaired) electrons. The van der Waals surface area contributed by atoms with Crippen LogP contribution in [0.25, 0.3) is 11.0 Å². The fourth-order valence-corrected chi connectivity index (χ4v) is 1.99. The van der Waals surface area contributed by atoms with Gasteiger partial charge in [-0.2, -0.15) is 0 Å². The molecule has 92 valence electrons. The summed E-state index contributed by atoms with van der Waals surface area (Å²) in [5.74, 6) is 0.559. The molecule has 2 rings (SSSR count). The fraction of sp³-hybridized carbons (Fsp3) is 0.462. The molecule has 0 bridgehead atoms. The summed E-state index contributed by atoms with van der Waals surface area (Å²) in [5.41, 5.74) is 8.08. The van der Waals surface area contributed by atoms with Crippen LogP contribution in [0.15, 0.2) is 18.2 Å². The van der Waals surface area contributed by atoms with Gasteiger partial charge in [0.05, 0.1) is 11.0 Å². The normalized spacial score (nSPS) is 12.2. The van der Waals surface area contributed by atoms with Crippen molar-refractivity contribution < 1.29 is 0 Å². The number of benzene rings is 1. The summed E-state index contributed by atoms with van der Waals surface area (Å²) in [7, 11) is 0. The van der Waals surface area contributed by atoms with Crippen LogP contribution in [0.2, 0.25) is 5.02 Å². The number of hydrogen-bond donors (Lipinski definition) is 1. The van der Waals surface area contributed by atoms with Gasteiger partial charge in [0.2, 0.25) is 5.95 Å². The van der Waals surface area contributed by atoms with E-state index in [1.807, 2.05) is 22.8 Å². The first-order valence-electron chi connectivity index (χ1n) is 5.84. The predicted molar refractivity (Wildman–Crippen MR) is 73.2 cm³/mol. The molecule has 0 unspecified atom stereocenters. The van der Waals surface area contributed by atoms with Gasteiger partial charge < -0.3 is 10.3 Å². The second kappa shape index (κ2) is 4.22. The van der Waals surface area contributed by atoms with Gasteiger partial charge in [0.15, 0.2) is 0 Å². The minimum absolute atomic E-state index is 0.198. The Morgan fingerprint density at radius 3 is 2.76 bits per heavy atom. The van der Waals surface area contributed by atoms with E-state index in [4.69, 9.17) is 17.3 Å². The van der Waals surface area contributed by atoms with Crippen molar-refractivity contribution in [3.05, 3.63) is 23.2 Å². The van der Waals surface area contributed by atoms with Gasteiger partial charge in [-0.15, -0.1) is 0 Å². The second-order valence-corrected chi connectivity index (χ2v) is 5.64. The van der Waals surface area contributed by atoms with E-state index in [0.29, 0.717) is 11.0 Å². The minimum atomic E-state index is 0.198. The van der Waals surface area contributed by atoms with E-state index in [2.05, 4.69) is 25.8 Å². The van der Waals surface area contributed by atoms with Crippen LogP contribution in [0.3, 0.4) is 0 Å². The van der Waals surface area contributed by atoms with E-state index < -0.39 is 0 Å². The van der Waals surface area contributed by atoms with Gasteiger partial charge in [-0.05, 0) is 30.0 Å². The Hall–Kier alpha value is -1.22. The first-order valence-corrected chi connectivity index (χ1v) is 6.22. The molecule has 2 N–H and O–H groups in total. The average molecular weight is 252 g/mol. The third-order valence-corrected chi connectivity index (χ3v) is 3.52. The Kier molecular flexibility index (Phi) is 3.04. The smallest absolute Gasteiger partial charge is 0.201 e. The van der Waals surface area contributed by atoms with Gasteiger partial charge in [0, 0.05) is 11.6 Å². The SMILES string of the molecule is CCC(C)(C)Cn1c(N)nc2ccc(Cl)cc21. The maximum atomic E-state index is 6.02. The zero-order valence-corrected chi connectivity index (χ0v) is 11.3. The maximum absolute atomic E-state index is 6.02. The van der Waals surface area contributed by atoms with Crippen LogP contribution in [0.1, 0.15) is 27.2 Å². The van der Waals surface area contributed by atoms with Crippen LogP contribution in [0.4, 0.5) is 5.95 Å². The first-order chi connectivity index (χ1) is 7.93. The summed E-state index contributed by atoms with van der Waals surface area (Å²) in [4.78, 5) is 4.35. The second-order valence-electron chi connectivity index (χ2n) is 5.21. The van der Waals surface area contributed by atoms with Crippen LogP contribution in [-0.4, -0.2) is 9.55 Å². The van der Waals surface area contributed by atoms with Crippen molar-refractivity contribution in [1.82, 2.24) is 9.55 Å². The molecule has 17 heavy (non-hydrogen) atoms. The molecule has 0 atom stereocenters. The molecule has 0 amide bonds. The topological polar surface area (TPSA) is 43.8 Å². The van der Waals surface area contributed by atoms with E-state index in [-0.39, 0.29) is 5.41 Å². The zero-order valence-electron chi connectivity index (χ0n) is 10.5. The molecule has 3 nitrogen and oxygen atoms in total. The highest BCUT2D eigenvalue weighted by Crippen LogP contribution is 2.28. The van der Waals surface area contributed by atoms with Gasteiger partial charge in [-0.3, -0.25) is 0 Å². The summed E-state index contributed by atoms with van der Waals surface area (Å²) in [6, 6.07) is 5.67. The summed E-state index contributed by atoms with van der Waals surface area (Å²) in [6.45, 7) is 7.49. The number of hydrogen-bond acceptors (Lipinski definition) is 2. The third-order valence-electron chi connectivity index (χ3n) is 3.28. The molecule has 0 fully saturated rings. The average Bonchev–Trinajstić information content (AvgIpc) is 2.56. The van der Waals surface area contributed by atoms with E-state index in [1.165, 1.54) is 0 Å². The van der Waals surface area contributed by atoms with Crippen LogP contribution < -0.4 is 5.73 Å². The molecule has 1 aromatic carbocycles. The highest BCUT2D eigenvalue weighted by molar-refractivity contribution is 6.31. The molecular weight excluding hydrogens is 234 g/mol. The van der Waals surface area contributed by atoms with E-state index in [1.54, 1.807) is 0 Å². The highest BCUT2D eigenvalue weighted by atomic mass is 35.5. The van der Waals surface area contributed by atoms with Crippen LogP contribution in [-0.2, 0) is 6.54 Å². The molecule has 0 aliphatic carbocycles. The largest absolute Gasteiger partial charge is 0.369 e. The number of anilines is 1. The van der Waals surface area contributed by atoms with Crippen molar-refractivity contribution in [2.75, 3.05) is 5.73 Å². The summed E-state index contributed by atoms with van der Waals surface area (Å²) < 4.78 is 2.05. The molecule has 2 aromatic rings. The van der Waals surface area contributed by atoms with Crippen molar-refractivity contribution >= 4 is 28.6 Å². The summed E-state index contributed by atoms with van der Waals surface area (Å²) in [6.07, 6.45) is 1.09. The van der Waals surface area contributed by atoms with Crippen molar-refractivity contribution in [3.63, 3.8) is 0 Å². The van der Waals surface area contributed by atoms with Crippen molar-refractivity contribution in [1.29, 1.82) is 0 Å². The molecule has 0 saturated heterocycles. The van der Waals surface area contributed by atoms with Gasteiger partial charge >= 0.3 is 0 Å². The molecular formula is C13H18ClN3. The minimum Gasteiger partial charge on any atom is -0.369 e. The molecule has 4 heteroatoms. The monoisotopic (exact) mass is 251 g/mol. The molecule has 0 aliphatic heterocycles. The lowest BCUT2D eigenvalue weighted by molar-refractivity contribution is 0.300. The lowest BCUT2D eigenvalue weighted by Crippen LogP contribution is -2.19. The molecule has 0 saturated carbocycles. The Morgan fingerprint density at radius 1 is 1.41 bits per heavy atom. The summed E-state index contributed by atoms with van der Waals surface area (Å²) >= 11 is 6.02. The fourth-order valence-electron chi connectivity index (χ4n) is 1.82. The standard InChI is InChI=1S/C13H18ClN3/c1-4-13(2,3)8-17-11-7-9(14)5-6-10(11)16-12(17)15/h5-7H,4,8H2,1-3H3,(H2,15,16). The highest BCUT2D eigenvalue weighted by Gasteiger charge is 2.19. The first kappa shape index (κ1) is 12.2. The van der Waals surface area contributed by atoms with Gasteiger partial charge in [0.25, 0.3) is 0 Å². The number of fused-ring (bicyclic) bond motifs is 1. The third kappa shape index (κ3) is 2.39. The number of nitrogen functional groups attached to an aromatic ring is 1. The van der Waals surface area contributed by atoms with E-state index in [0.717, 1.165) is 24.0 Å². The van der Waals surface area contributed by atoms with Crippen LogP contribution in [0.5, 0.6) is 0 Å². The lowest BCUT2D eigenvalue weighted by Gasteiger charge is -2.24. The molecule has 0 spiro atoms. The van der Waals surface area contributed by atoms with Crippen molar-refractivity contribution in [2.45, 2.75) is 33.7 Å². The Bertz CT molecular complexity index is 543. The van der Waals surface area contributed by atoms with Crippen molar-refractivity contribution in [3.8, 4) is 0 Å². The van der Waals surface area contributed by atoms with Crippen LogP contribution in [0, 0.1) is 5.41 Å². The van der Waals surface area contributed by atoms with Gasteiger partial charge in [-0.25, -0.2) is 4.98 Å². The van der Waals surface area contributed by atoms with Gasteiger partial charge in [-0.1, -0.05) is 32.4 Å². The zero-order chi connectivity index (χ0) is 12.6. The summed E-state index contributed by atoms with van der Waals surface area (Å²) in [5, 5.41) is 0.716. The maximum Gasteiger partial charge on any atom is 0.201 e. The number of nitrogens with zero attached hydrogens (tertiary/aromatic N) is 2. The quantitative estimate of drug-likeness (QED) is 0.904. The van der Waals surface area contributed by atoms with Crippen molar-refractivity contribution in [2.24, 2.45) is 5.41 Å². The Balaban J connectivity index is 2.52. The number of rotatable bonds is 3. The number of nitrogens with two attached hydrogens (primary N) is 1. The predicted octanol–water partition coefficient (Wildman–Crippen LogP) is 3.71. The van der Waals surface area contributed by atoms with Crippen LogP contribution >= 0.6 is 11.6 Å². The number of halogens is 1. The number of aromatic nitrogens is 2. The van der Waals surface area contributed by atoms with E-state index >= 15 is 0 Å². The lowest BCUT2D eigenvalue weighted by atomic mass is 9.90. The molecule has 1 aromatic heterocycles. The van der Waals surface area contributed by atoms with E-state index in [9.17, 15) is 0 Å². The van der Waals surface area contributed by atoms with Gasteiger partial charge in [0.1, 0.15) is 0 Å². The molecule has 1 heterocycles. The Morgan fingerprint density at radius 2 is 2.12 bits per heavy atom. The number of imidazole rings is 1.